The number of para-hydroxylation sites is 2. The second kappa shape index (κ2) is 5.33. The fourth-order valence-electron chi connectivity index (χ4n) is 3.67. The summed E-state index contributed by atoms with van der Waals surface area (Å²) in [5.41, 5.74) is 1.86. The number of benzene rings is 1. The van der Waals surface area contributed by atoms with Gasteiger partial charge in [-0.3, -0.25) is 4.79 Å². The lowest BCUT2D eigenvalue weighted by molar-refractivity contribution is -0.135. The number of aromatic amines is 1. The zero-order chi connectivity index (χ0) is 16.0. The monoisotopic (exact) mass is 333 g/mol. The number of H-pyrrole nitrogens is 1. The summed E-state index contributed by atoms with van der Waals surface area (Å²) in [6.07, 6.45) is 2.24. The molecule has 2 unspecified atom stereocenters. The van der Waals surface area contributed by atoms with Crippen LogP contribution < -0.4 is 0 Å². The Balaban J connectivity index is 1.60. The first-order chi connectivity index (χ1) is 11.0. The highest BCUT2D eigenvalue weighted by atomic mass is 32.2. The first kappa shape index (κ1) is 14.7. The third-order valence-corrected chi connectivity index (χ3v) is 6.61. The van der Waals surface area contributed by atoms with Crippen LogP contribution in [0.15, 0.2) is 24.3 Å². The van der Waals surface area contributed by atoms with Crippen LogP contribution in [0.3, 0.4) is 0 Å². The summed E-state index contributed by atoms with van der Waals surface area (Å²) in [4.78, 5) is 22.5. The van der Waals surface area contributed by atoms with Gasteiger partial charge in [0.1, 0.15) is 5.82 Å². The van der Waals surface area contributed by atoms with Crippen LogP contribution in [0.1, 0.15) is 31.1 Å². The number of sulfone groups is 1. The van der Waals surface area contributed by atoms with E-state index in [1.165, 1.54) is 0 Å². The topological polar surface area (TPSA) is 83.1 Å². The van der Waals surface area contributed by atoms with Crippen LogP contribution in [0.25, 0.3) is 11.0 Å². The maximum atomic E-state index is 12.8. The van der Waals surface area contributed by atoms with Crippen molar-refractivity contribution in [3.8, 4) is 0 Å². The lowest BCUT2D eigenvalue weighted by atomic mass is 10.1. The van der Waals surface area contributed by atoms with Crippen molar-refractivity contribution >= 4 is 26.8 Å². The molecule has 1 N–H and O–H groups in total. The Bertz CT molecular complexity index is 825. The molecule has 4 rings (SSSR count). The SMILES string of the molecule is O=C(C1CCS(=O)(=O)C1)N1CCCC1c1nc2ccccc2[nH]1. The highest BCUT2D eigenvalue weighted by Crippen LogP contribution is 2.34. The number of fused-ring (bicyclic) bond motifs is 1. The van der Waals surface area contributed by atoms with Crippen LogP contribution in [0.2, 0.25) is 0 Å². The summed E-state index contributed by atoms with van der Waals surface area (Å²) < 4.78 is 23.3. The first-order valence-electron chi connectivity index (χ1n) is 7.99. The highest BCUT2D eigenvalue weighted by Gasteiger charge is 2.40. The summed E-state index contributed by atoms with van der Waals surface area (Å²) in [7, 11) is -3.04. The molecule has 6 nitrogen and oxygen atoms in total. The van der Waals surface area contributed by atoms with E-state index in [0.29, 0.717) is 13.0 Å². The molecule has 122 valence electrons. The van der Waals surface area contributed by atoms with Crippen molar-refractivity contribution in [3.63, 3.8) is 0 Å². The minimum atomic E-state index is -3.04. The Kier molecular flexibility index (Phi) is 3.41. The number of likely N-dealkylation sites (tertiary alicyclic amines) is 1. The number of rotatable bonds is 2. The average molecular weight is 333 g/mol. The van der Waals surface area contributed by atoms with E-state index < -0.39 is 9.84 Å². The normalized spacial score (nSPS) is 26.9. The zero-order valence-electron chi connectivity index (χ0n) is 12.7. The molecule has 3 heterocycles. The average Bonchev–Trinajstić information content (AvgIpc) is 3.22. The van der Waals surface area contributed by atoms with Crippen LogP contribution >= 0.6 is 0 Å². The van der Waals surface area contributed by atoms with Crippen molar-refractivity contribution in [2.45, 2.75) is 25.3 Å². The molecule has 2 aromatic rings. The van der Waals surface area contributed by atoms with E-state index >= 15 is 0 Å². The van der Waals surface area contributed by atoms with Crippen LogP contribution in [0.5, 0.6) is 0 Å². The van der Waals surface area contributed by atoms with Crippen molar-refractivity contribution in [2.75, 3.05) is 18.1 Å². The van der Waals surface area contributed by atoms with E-state index in [4.69, 9.17) is 0 Å². The molecule has 1 aromatic carbocycles. The molecule has 1 aromatic heterocycles. The number of carbonyl (C=O) groups excluding carboxylic acids is 1. The number of amides is 1. The molecule has 0 aliphatic carbocycles. The van der Waals surface area contributed by atoms with E-state index in [-0.39, 0.29) is 29.4 Å². The third kappa shape index (κ3) is 2.63. The van der Waals surface area contributed by atoms with Crippen LogP contribution in [-0.4, -0.2) is 47.2 Å². The number of hydrogen-bond acceptors (Lipinski definition) is 4. The van der Waals surface area contributed by atoms with Gasteiger partial charge in [0, 0.05) is 6.54 Å². The second-order valence-electron chi connectivity index (χ2n) is 6.43. The van der Waals surface area contributed by atoms with Gasteiger partial charge >= 0.3 is 0 Å². The third-order valence-electron chi connectivity index (χ3n) is 4.84. The molecule has 0 spiro atoms. The van der Waals surface area contributed by atoms with Gasteiger partial charge in [-0.15, -0.1) is 0 Å². The summed E-state index contributed by atoms with van der Waals surface area (Å²) in [6.45, 7) is 0.678. The quantitative estimate of drug-likeness (QED) is 0.906. The molecule has 0 bridgehead atoms. The second-order valence-corrected chi connectivity index (χ2v) is 8.66. The molecule has 2 saturated heterocycles. The van der Waals surface area contributed by atoms with Gasteiger partial charge in [-0.2, -0.15) is 0 Å². The van der Waals surface area contributed by atoms with Gasteiger partial charge in [0.05, 0.1) is 34.5 Å². The molecule has 7 heteroatoms. The number of imidazole rings is 1. The maximum absolute atomic E-state index is 12.8. The van der Waals surface area contributed by atoms with Crippen LogP contribution in [0.4, 0.5) is 0 Å². The van der Waals surface area contributed by atoms with E-state index in [2.05, 4.69) is 9.97 Å². The van der Waals surface area contributed by atoms with Crippen molar-refractivity contribution < 1.29 is 13.2 Å². The standard InChI is InChI=1S/C16H19N3O3S/c20-16(11-7-9-23(21,22)10-11)19-8-3-6-14(19)15-17-12-4-1-2-5-13(12)18-15/h1-2,4-5,11,14H,3,6-10H2,(H,17,18). The summed E-state index contributed by atoms with van der Waals surface area (Å²) in [5.74, 6) is 0.513. The summed E-state index contributed by atoms with van der Waals surface area (Å²) in [6, 6.07) is 7.73. The van der Waals surface area contributed by atoms with Gasteiger partial charge < -0.3 is 9.88 Å². The fraction of sp³-hybridized carbons (Fsp3) is 0.500. The Morgan fingerprint density at radius 3 is 2.83 bits per heavy atom. The van der Waals surface area contributed by atoms with Crippen LogP contribution in [0, 0.1) is 5.92 Å². The number of carbonyl (C=O) groups is 1. The highest BCUT2D eigenvalue weighted by molar-refractivity contribution is 7.91. The van der Waals surface area contributed by atoms with Crippen LogP contribution in [-0.2, 0) is 14.6 Å². The molecule has 2 atom stereocenters. The summed E-state index contributed by atoms with van der Waals surface area (Å²) in [5, 5.41) is 0. The van der Waals surface area contributed by atoms with E-state index in [9.17, 15) is 13.2 Å². The molecular formula is C16H19N3O3S. The first-order valence-corrected chi connectivity index (χ1v) is 9.81. The van der Waals surface area contributed by atoms with Gasteiger partial charge in [0.15, 0.2) is 9.84 Å². The molecule has 1 amide bonds. The molecule has 0 saturated carbocycles. The van der Waals surface area contributed by atoms with Gasteiger partial charge in [0.2, 0.25) is 5.91 Å². The molecule has 2 aliphatic heterocycles. The largest absolute Gasteiger partial charge is 0.340 e. The number of nitrogens with one attached hydrogen (secondary N) is 1. The van der Waals surface area contributed by atoms with E-state index in [1.807, 2.05) is 29.2 Å². The van der Waals surface area contributed by atoms with Crippen molar-refractivity contribution in [1.29, 1.82) is 0 Å². The van der Waals surface area contributed by atoms with E-state index in [1.54, 1.807) is 0 Å². The molecule has 23 heavy (non-hydrogen) atoms. The number of nitrogens with zero attached hydrogens (tertiary/aromatic N) is 2. The van der Waals surface area contributed by atoms with Gasteiger partial charge in [-0.1, -0.05) is 12.1 Å². The number of aromatic nitrogens is 2. The lowest BCUT2D eigenvalue weighted by Crippen LogP contribution is -2.36. The van der Waals surface area contributed by atoms with Crippen molar-refractivity contribution in [3.05, 3.63) is 30.1 Å². The predicted molar refractivity (Wildman–Crippen MR) is 86.5 cm³/mol. The van der Waals surface area contributed by atoms with Gasteiger partial charge in [-0.25, -0.2) is 13.4 Å². The van der Waals surface area contributed by atoms with Crippen molar-refractivity contribution in [1.82, 2.24) is 14.9 Å². The zero-order valence-corrected chi connectivity index (χ0v) is 13.6. The van der Waals surface area contributed by atoms with Crippen molar-refractivity contribution in [2.24, 2.45) is 5.92 Å². The minimum absolute atomic E-state index is 0.00478. The fourth-order valence-corrected chi connectivity index (χ4v) is 5.40. The Hall–Kier alpha value is -1.89. The number of hydrogen-bond donors (Lipinski definition) is 1. The maximum Gasteiger partial charge on any atom is 0.227 e. The molecule has 0 radical (unpaired) electrons. The van der Waals surface area contributed by atoms with E-state index in [0.717, 1.165) is 29.7 Å². The molecule has 2 aliphatic rings. The molecular weight excluding hydrogens is 314 g/mol. The van der Waals surface area contributed by atoms with Gasteiger partial charge in [0.25, 0.3) is 0 Å². The molecule has 2 fully saturated rings. The Morgan fingerprint density at radius 2 is 2.09 bits per heavy atom. The summed E-state index contributed by atoms with van der Waals surface area (Å²) >= 11 is 0. The smallest absolute Gasteiger partial charge is 0.227 e. The van der Waals surface area contributed by atoms with Gasteiger partial charge in [-0.05, 0) is 31.4 Å². The Morgan fingerprint density at radius 1 is 1.26 bits per heavy atom. The minimum Gasteiger partial charge on any atom is -0.340 e. The Labute approximate surface area is 134 Å². The predicted octanol–water partition coefficient (Wildman–Crippen LogP) is 1.66. The lowest BCUT2D eigenvalue weighted by Gasteiger charge is -2.25.